The second-order valence-corrected chi connectivity index (χ2v) is 4.62. The molecule has 0 aromatic heterocycles. The molecule has 4 nitrogen and oxygen atoms in total. The van der Waals surface area contributed by atoms with Gasteiger partial charge in [0.2, 0.25) is 0 Å². The predicted octanol–water partition coefficient (Wildman–Crippen LogP) is 2.96. The fraction of sp³-hybridized carbons (Fsp3) is 0.533. The van der Waals surface area contributed by atoms with E-state index in [-0.39, 0.29) is 11.9 Å². The Hall–Kier alpha value is -1.62. The summed E-state index contributed by atoms with van der Waals surface area (Å²) < 4.78 is 23.9. The largest absolute Gasteiger partial charge is 0.478 e. The van der Waals surface area contributed by atoms with Crippen molar-refractivity contribution >= 4 is 5.97 Å². The molecule has 0 bridgehead atoms. The number of carbonyl (C=O) groups is 1. The first-order valence-electron chi connectivity index (χ1n) is 6.87. The fourth-order valence-corrected chi connectivity index (χ4v) is 1.86. The summed E-state index contributed by atoms with van der Waals surface area (Å²) >= 11 is 0. The van der Waals surface area contributed by atoms with Crippen LogP contribution in [0.5, 0.6) is 5.75 Å². The van der Waals surface area contributed by atoms with Crippen molar-refractivity contribution in [2.24, 2.45) is 5.73 Å². The number of hydrogen-bond donors (Lipinski definition) is 1. The molecule has 0 aliphatic carbocycles. The van der Waals surface area contributed by atoms with E-state index in [1.54, 1.807) is 13.8 Å². The van der Waals surface area contributed by atoms with Crippen LogP contribution >= 0.6 is 0 Å². The molecule has 1 rings (SSSR count). The second kappa shape index (κ2) is 7.85. The minimum absolute atomic E-state index is 0.298. The Kier molecular flexibility index (Phi) is 6.45. The van der Waals surface area contributed by atoms with E-state index in [1.165, 1.54) is 18.2 Å². The lowest BCUT2D eigenvalue weighted by Gasteiger charge is -2.20. The average molecular weight is 283 g/mol. The molecule has 0 amide bonds. The Morgan fingerprint density at radius 3 is 2.65 bits per heavy atom. The van der Waals surface area contributed by atoms with E-state index >= 15 is 0 Å². The van der Waals surface area contributed by atoms with Crippen molar-refractivity contribution in [1.29, 1.82) is 0 Å². The molecule has 0 aliphatic heterocycles. The van der Waals surface area contributed by atoms with Crippen LogP contribution in [0.3, 0.4) is 0 Å². The number of hydrogen-bond acceptors (Lipinski definition) is 4. The van der Waals surface area contributed by atoms with Crippen molar-refractivity contribution in [3.8, 4) is 5.75 Å². The van der Waals surface area contributed by atoms with Crippen molar-refractivity contribution in [2.45, 2.75) is 45.8 Å². The molecule has 0 radical (unpaired) electrons. The molecule has 0 spiro atoms. The van der Waals surface area contributed by atoms with Crippen LogP contribution in [-0.4, -0.2) is 18.7 Å². The van der Waals surface area contributed by atoms with Crippen LogP contribution in [0.4, 0.5) is 4.39 Å². The van der Waals surface area contributed by atoms with Gasteiger partial charge in [-0.05, 0) is 38.5 Å². The van der Waals surface area contributed by atoms with E-state index in [2.05, 4.69) is 0 Å². The molecule has 0 saturated carbocycles. The highest BCUT2D eigenvalue weighted by molar-refractivity contribution is 5.75. The maximum Gasteiger partial charge on any atom is 0.347 e. The highest BCUT2D eigenvalue weighted by atomic mass is 19.1. The van der Waals surface area contributed by atoms with E-state index in [9.17, 15) is 9.18 Å². The smallest absolute Gasteiger partial charge is 0.347 e. The quantitative estimate of drug-likeness (QED) is 0.781. The van der Waals surface area contributed by atoms with E-state index in [0.29, 0.717) is 24.3 Å². The summed E-state index contributed by atoms with van der Waals surface area (Å²) in [5.74, 6) is -0.366. The third-order valence-electron chi connectivity index (χ3n) is 2.83. The lowest BCUT2D eigenvalue weighted by atomic mass is 10.1. The predicted molar refractivity (Wildman–Crippen MR) is 75.0 cm³/mol. The Morgan fingerprint density at radius 2 is 2.10 bits per heavy atom. The average Bonchev–Trinajstić information content (AvgIpc) is 2.40. The van der Waals surface area contributed by atoms with Gasteiger partial charge in [0, 0.05) is 11.6 Å². The summed E-state index contributed by atoms with van der Waals surface area (Å²) in [6.07, 6.45) is 0.621. The van der Waals surface area contributed by atoms with Gasteiger partial charge in [-0.1, -0.05) is 13.3 Å². The standard InChI is InChI=1S/C15H22FNO3/c1-4-6-14(15(18)19-5-2)20-13-8-7-11(16)9-12(13)10(3)17/h7-10,14H,4-6,17H2,1-3H3. The normalized spacial score (nSPS) is 13.7. The third kappa shape index (κ3) is 4.49. The molecule has 0 saturated heterocycles. The van der Waals surface area contributed by atoms with Crippen molar-refractivity contribution in [3.05, 3.63) is 29.6 Å². The van der Waals surface area contributed by atoms with Crippen LogP contribution in [0, 0.1) is 5.82 Å². The minimum atomic E-state index is -0.692. The van der Waals surface area contributed by atoms with Crippen molar-refractivity contribution in [2.75, 3.05) is 6.61 Å². The van der Waals surface area contributed by atoms with E-state index < -0.39 is 12.1 Å². The molecule has 1 aromatic carbocycles. The summed E-state index contributed by atoms with van der Waals surface area (Å²) in [6.45, 7) is 5.73. The number of ether oxygens (including phenoxy) is 2. The molecule has 2 unspecified atom stereocenters. The highest BCUT2D eigenvalue weighted by Crippen LogP contribution is 2.26. The summed E-state index contributed by atoms with van der Waals surface area (Å²) in [5.41, 5.74) is 6.34. The Balaban J connectivity index is 2.95. The molecule has 0 fully saturated rings. The Bertz CT molecular complexity index is 449. The zero-order valence-corrected chi connectivity index (χ0v) is 12.2. The van der Waals surface area contributed by atoms with Gasteiger partial charge in [0.15, 0.2) is 6.10 Å². The molecule has 0 heterocycles. The third-order valence-corrected chi connectivity index (χ3v) is 2.83. The molecular formula is C15H22FNO3. The van der Waals surface area contributed by atoms with E-state index in [0.717, 1.165) is 6.42 Å². The monoisotopic (exact) mass is 283 g/mol. The maximum absolute atomic E-state index is 13.3. The Morgan fingerprint density at radius 1 is 1.40 bits per heavy atom. The van der Waals surface area contributed by atoms with Gasteiger partial charge in [-0.3, -0.25) is 0 Å². The van der Waals surface area contributed by atoms with Crippen molar-refractivity contribution in [3.63, 3.8) is 0 Å². The van der Waals surface area contributed by atoms with Crippen LogP contribution in [0.2, 0.25) is 0 Å². The number of carbonyl (C=O) groups excluding carboxylic acids is 1. The molecular weight excluding hydrogens is 261 g/mol. The first-order valence-corrected chi connectivity index (χ1v) is 6.87. The molecule has 2 N–H and O–H groups in total. The molecule has 0 aliphatic rings. The molecule has 20 heavy (non-hydrogen) atoms. The molecule has 5 heteroatoms. The van der Waals surface area contributed by atoms with Gasteiger partial charge in [-0.2, -0.15) is 0 Å². The molecule has 2 atom stereocenters. The zero-order chi connectivity index (χ0) is 15.1. The van der Waals surface area contributed by atoms with Gasteiger partial charge in [-0.25, -0.2) is 9.18 Å². The summed E-state index contributed by atoms with van der Waals surface area (Å²) in [6, 6.07) is 3.73. The van der Waals surface area contributed by atoms with Gasteiger partial charge in [0.25, 0.3) is 0 Å². The minimum Gasteiger partial charge on any atom is -0.478 e. The zero-order valence-electron chi connectivity index (χ0n) is 12.2. The lowest BCUT2D eigenvalue weighted by Crippen LogP contribution is -2.30. The Labute approximate surface area is 119 Å². The van der Waals surface area contributed by atoms with Crippen molar-refractivity contribution < 1.29 is 18.7 Å². The van der Waals surface area contributed by atoms with Crippen LogP contribution in [0.25, 0.3) is 0 Å². The number of benzene rings is 1. The first-order chi connectivity index (χ1) is 9.49. The molecule has 1 aromatic rings. The van der Waals surface area contributed by atoms with Crippen molar-refractivity contribution in [1.82, 2.24) is 0 Å². The molecule has 112 valence electrons. The maximum atomic E-state index is 13.3. The van der Waals surface area contributed by atoms with Gasteiger partial charge in [0.05, 0.1) is 6.61 Å². The van der Waals surface area contributed by atoms with Gasteiger partial charge < -0.3 is 15.2 Å². The van der Waals surface area contributed by atoms with Crippen LogP contribution in [0.15, 0.2) is 18.2 Å². The van der Waals surface area contributed by atoms with E-state index in [4.69, 9.17) is 15.2 Å². The second-order valence-electron chi connectivity index (χ2n) is 4.62. The summed E-state index contributed by atoms with van der Waals surface area (Å²) in [5, 5.41) is 0. The topological polar surface area (TPSA) is 61.5 Å². The number of nitrogens with two attached hydrogens (primary N) is 1. The number of rotatable bonds is 7. The van der Waals surface area contributed by atoms with Crippen LogP contribution in [0.1, 0.15) is 45.2 Å². The SMILES string of the molecule is CCCC(Oc1ccc(F)cc1C(C)N)C(=O)OCC. The van der Waals surface area contributed by atoms with Gasteiger partial charge in [0.1, 0.15) is 11.6 Å². The fourth-order valence-electron chi connectivity index (χ4n) is 1.86. The van der Waals surface area contributed by atoms with Gasteiger partial charge >= 0.3 is 5.97 Å². The summed E-state index contributed by atoms with van der Waals surface area (Å²) in [7, 11) is 0. The summed E-state index contributed by atoms with van der Waals surface area (Å²) in [4.78, 5) is 11.8. The van der Waals surface area contributed by atoms with E-state index in [1.807, 2.05) is 6.92 Å². The number of esters is 1. The van der Waals surface area contributed by atoms with Crippen LogP contribution in [-0.2, 0) is 9.53 Å². The highest BCUT2D eigenvalue weighted by Gasteiger charge is 2.22. The van der Waals surface area contributed by atoms with Crippen LogP contribution < -0.4 is 10.5 Å². The van der Waals surface area contributed by atoms with Gasteiger partial charge in [-0.15, -0.1) is 0 Å². The number of halogens is 1. The lowest BCUT2D eigenvalue weighted by molar-refractivity contribution is -0.151. The first kappa shape index (κ1) is 16.4.